The highest BCUT2D eigenvalue weighted by Crippen LogP contribution is 2.56. The van der Waals surface area contributed by atoms with Crippen molar-refractivity contribution < 1.29 is 0 Å². The fraction of sp³-hybridized carbons (Fsp3) is 0.265. The van der Waals surface area contributed by atoms with Crippen LogP contribution in [0.2, 0.25) is 0 Å². The molecule has 3 unspecified atom stereocenters. The highest BCUT2D eigenvalue weighted by atomic mass is 15.2. The number of rotatable bonds is 4. The fourth-order valence-corrected chi connectivity index (χ4v) is 10.6. The van der Waals surface area contributed by atoms with Crippen LogP contribution < -0.4 is 9.80 Å². The Morgan fingerprint density at radius 2 is 1.33 bits per heavy atom. The minimum absolute atomic E-state index is 0.0349. The molecule has 1 fully saturated rings. The summed E-state index contributed by atoms with van der Waals surface area (Å²) in [6, 6.07) is 35.0. The van der Waals surface area contributed by atoms with Crippen molar-refractivity contribution in [3.8, 4) is 11.1 Å². The Balaban J connectivity index is 1.15. The summed E-state index contributed by atoms with van der Waals surface area (Å²) in [5.41, 5.74) is 16.2. The molecular weight excluding hydrogens is 617 g/mol. The molecule has 4 aromatic rings. The number of anilines is 3. The second-order valence-corrected chi connectivity index (χ2v) is 16.7. The van der Waals surface area contributed by atoms with Crippen molar-refractivity contribution in [3.63, 3.8) is 0 Å². The molecule has 2 nitrogen and oxygen atoms in total. The lowest BCUT2D eigenvalue weighted by Gasteiger charge is -2.39. The normalized spacial score (nSPS) is 26.6. The Kier molecular flexibility index (Phi) is 6.46. The molecule has 0 radical (unpaired) electrons. The molecule has 0 spiro atoms. The van der Waals surface area contributed by atoms with E-state index in [1.165, 1.54) is 67.3 Å². The summed E-state index contributed by atoms with van der Waals surface area (Å²) >= 11 is 0. The van der Waals surface area contributed by atoms with Crippen LogP contribution in [0.1, 0.15) is 69.7 Å². The minimum atomic E-state index is -0.113. The van der Waals surface area contributed by atoms with Gasteiger partial charge in [-0.25, -0.2) is 0 Å². The van der Waals surface area contributed by atoms with Crippen LogP contribution in [-0.2, 0) is 10.8 Å². The lowest BCUT2D eigenvalue weighted by molar-refractivity contribution is 0.341. The Morgan fingerprint density at radius 3 is 2.14 bits per heavy atom. The smallest absolute Gasteiger partial charge is 0.0578 e. The van der Waals surface area contributed by atoms with Gasteiger partial charge in [-0.15, -0.1) is 0 Å². The van der Waals surface area contributed by atoms with E-state index in [-0.39, 0.29) is 22.3 Å². The van der Waals surface area contributed by atoms with Gasteiger partial charge in [0.05, 0.1) is 12.1 Å². The first kappa shape index (κ1) is 30.7. The van der Waals surface area contributed by atoms with Gasteiger partial charge in [0.25, 0.3) is 0 Å². The summed E-state index contributed by atoms with van der Waals surface area (Å²) in [6.45, 7) is 12.1. The van der Waals surface area contributed by atoms with E-state index in [1.807, 2.05) is 0 Å². The molecule has 51 heavy (non-hydrogen) atoms. The van der Waals surface area contributed by atoms with Gasteiger partial charge in [0, 0.05) is 44.9 Å². The quantitative estimate of drug-likeness (QED) is 0.215. The van der Waals surface area contributed by atoms with Gasteiger partial charge in [-0.05, 0) is 99.8 Å². The third-order valence-corrected chi connectivity index (χ3v) is 13.2. The van der Waals surface area contributed by atoms with E-state index in [9.17, 15) is 0 Å². The maximum atomic E-state index is 2.65. The largest absolute Gasteiger partial charge is 0.357 e. The van der Waals surface area contributed by atoms with Crippen molar-refractivity contribution in [2.24, 2.45) is 11.3 Å². The zero-order chi connectivity index (χ0) is 34.7. The maximum absolute atomic E-state index is 2.65. The summed E-state index contributed by atoms with van der Waals surface area (Å²) in [5.74, 6) is 0.352. The van der Waals surface area contributed by atoms with Crippen LogP contribution in [0.15, 0.2) is 157 Å². The second-order valence-electron chi connectivity index (χ2n) is 16.7. The first-order chi connectivity index (χ1) is 24.7. The first-order valence-electron chi connectivity index (χ1n) is 18.9. The van der Waals surface area contributed by atoms with Crippen molar-refractivity contribution in [2.75, 3.05) is 9.80 Å². The Labute approximate surface area is 303 Å². The van der Waals surface area contributed by atoms with Gasteiger partial charge in [0.2, 0.25) is 0 Å². The van der Waals surface area contributed by atoms with Crippen LogP contribution in [0.3, 0.4) is 0 Å². The molecule has 2 heteroatoms. The van der Waals surface area contributed by atoms with E-state index >= 15 is 0 Å². The number of hydrogen-bond donors (Lipinski definition) is 0. The molecule has 4 aromatic carbocycles. The van der Waals surface area contributed by atoms with Gasteiger partial charge in [0.1, 0.15) is 0 Å². The molecule has 252 valence electrons. The summed E-state index contributed by atoms with van der Waals surface area (Å²) in [5, 5.41) is 0. The molecule has 0 aromatic heterocycles. The first-order valence-corrected chi connectivity index (χ1v) is 18.9. The molecule has 10 rings (SSSR count). The van der Waals surface area contributed by atoms with E-state index in [2.05, 4.69) is 190 Å². The molecule has 1 aliphatic heterocycles. The number of hydrogen-bond acceptors (Lipinski definition) is 2. The molecular formula is C49H46N2. The average molecular weight is 663 g/mol. The summed E-state index contributed by atoms with van der Waals surface area (Å²) in [7, 11) is 0. The topological polar surface area (TPSA) is 6.48 Å². The number of benzene rings is 4. The molecule has 1 saturated heterocycles. The van der Waals surface area contributed by atoms with Crippen LogP contribution >= 0.6 is 0 Å². The van der Waals surface area contributed by atoms with Crippen molar-refractivity contribution in [1.82, 2.24) is 0 Å². The predicted molar refractivity (Wildman–Crippen MR) is 215 cm³/mol. The minimum Gasteiger partial charge on any atom is -0.357 e. The van der Waals surface area contributed by atoms with Crippen molar-refractivity contribution in [2.45, 2.75) is 70.4 Å². The zero-order valence-corrected chi connectivity index (χ0v) is 30.4. The van der Waals surface area contributed by atoms with Gasteiger partial charge in [0.15, 0.2) is 0 Å². The van der Waals surface area contributed by atoms with Crippen LogP contribution in [-0.4, -0.2) is 12.1 Å². The van der Waals surface area contributed by atoms with Crippen molar-refractivity contribution in [1.29, 1.82) is 0 Å². The molecule has 1 heterocycles. The number of fused-ring (bicyclic) bond motifs is 8. The third-order valence-electron chi connectivity index (χ3n) is 13.2. The molecule has 5 aliphatic carbocycles. The van der Waals surface area contributed by atoms with Crippen molar-refractivity contribution >= 4 is 22.6 Å². The zero-order valence-electron chi connectivity index (χ0n) is 30.4. The molecule has 0 bridgehead atoms. The molecule has 4 atom stereocenters. The highest BCUT2D eigenvalue weighted by molar-refractivity contribution is 5.87. The number of para-hydroxylation sites is 1. The van der Waals surface area contributed by atoms with Gasteiger partial charge in [-0.3, -0.25) is 0 Å². The Bertz CT molecular complexity index is 2310. The van der Waals surface area contributed by atoms with Crippen molar-refractivity contribution in [3.05, 3.63) is 179 Å². The second kappa shape index (κ2) is 10.7. The Hall–Kier alpha value is -5.08. The fourth-order valence-electron chi connectivity index (χ4n) is 10.6. The SMILES string of the molecule is CC1(C)C2=C(CCC=C2)c2ccc(N(C3=CC4(C)C(C=C3)N(c3ccccc3)C3C=CC=C[C@@H]34)c3ccc4c(c3)C(C)(C)c3ccccc3-4)cc21. The van der Waals surface area contributed by atoms with Gasteiger partial charge in [-0.2, -0.15) is 0 Å². The van der Waals surface area contributed by atoms with Gasteiger partial charge < -0.3 is 9.80 Å². The maximum Gasteiger partial charge on any atom is 0.0578 e. The average Bonchev–Trinajstić information content (AvgIpc) is 3.65. The van der Waals surface area contributed by atoms with E-state index < -0.39 is 0 Å². The standard InChI is InChI=1S/C49H46N2/c1-47(2)40-19-11-9-17-36(40)38-26-23-33(29-43(38)47)50(34-24-27-39-37-18-10-12-20-41(37)48(3,4)44(39)30-34)35-25-28-46-49(5,31-35)42-21-13-14-22-45(42)51(46)32-15-7-6-8-16-32/h6-9,11-17,19-31,42,45-46H,10,18H2,1-5H3/t42-,45?,46?,49?/m0/s1. The van der Waals surface area contributed by atoms with Crippen LogP contribution in [0.4, 0.5) is 17.1 Å². The lowest BCUT2D eigenvalue weighted by atomic mass is 9.69. The van der Waals surface area contributed by atoms with Crippen LogP contribution in [0.25, 0.3) is 16.7 Å². The van der Waals surface area contributed by atoms with Gasteiger partial charge in [-0.1, -0.05) is 138 Å². The van der Waals surface area contributed by atoms with Crippen LogP contribution in [0.5, 0.6) is 0 Å². The van der Waals surface area contributed by atoms with Gasteiger partial charge >= 0.3 is 0 Å². The van der Waals surface area contributed by atoms with E-state index in [0.717, 1.165) is 12.8 Å². The van der Waals surface area contributed by atoms with E-state index in [1.54, 1.807) is 0 Å². The summed E-state index contributed by atoms with van der Waals surface area (Å²) in [6.07, 6.45) is 23.9. The number of nitrogens with zero attached hydrogens (tertiary/aromatic N) is 2. The monoisotopic (exact) mass is 662 g/mol. The van der Waals surface area contributed by atoms with Crippen LogP contribution in [0, 0.1) is 11.3 Å². The molecule has 6 aliphatic rings. The number of allylic oxidation sites excluding steroid dienone is 7. The summed E-state index contributed by atoms with van der Waals surface area (Å²) in [4.78, 5) is 5.21. The molecule has 0 saturated carbocycles. The van der Waals surface area contributed by atoms with E-state index in [0.29, 0.717) is 12.0 Å². The predicted octanol–water partition coefficient (Wildman–Crippen LogP) is 12.0. The summed E-state index contributed by atoms with van der Waals surface area (Å²) < 4.78 is 0. The van der Waals surface area contributed by atoms with E-state index in [4.69, 9.17) is 0 Å². The molecule has 0 amide bonds. The Morgan fingerprint density at radius 1 is 0.647 bits per heavy atom. The highest BCUT2D eigenvalue weighted by Gasteiger charge is 2.54. The molecule has 0 N–H and O–H groups in total. The lowest BCUT2D eigenvalue weighted by Crippen LogP contribution is -2.40. The third kappa shape index (κ3) is 4.23.